The third kappa shape index (κ3) is 40.1. The highest BCUT2D eigenvalue weighted by atomic mass is 32.3. The Morgan fingerprint density at radius 1 is 0.396 bits per heavy atom. The van der Waals surface area contributed by atoms with Crippen molar-refractivity contribution in [3.8, 4) is 0 Å². The average Bonchev–Trinajstić information content (AvgIpc) is 2.97. The second kappa shape index (κ2) is 31.0. The van der Waals surface area contributed by atoms with Crippen molar-refractivity contribution in [1.82, 2.24) is 19.6 Å². The maximum absolute atomic E-state index is 11.8. The lowest BCUT2D eigenvalue weighted by molar-refractivity contribution is -0.151. The van der Waals surface area contributed by atoms with E-state index in [1.165, 1.54) is 0 Å². The second-order valence-corrected chi connectivity index (χ2v) is 11.0. The molecule has 0 radical (unpaired) electrons. The number of esters is 4. The van der Waals surface area contributed by atoms with E-state index in [2.05, 4.69) is 0 Å². The highest BCUT2D eigenvalue weighted by Crippen LogP contribution is 1.99. The molecule has 0 aromatic rings. The summed E-state index contributed by atoms with van der Waals surface area (Å²) in [6, 6.07) is 0. The largest absolute Gasteiger partial charge is 0.480 e. The molecule has 0 aromatic carbocycles. The van der Waals surface area contributed by atoms with E-state index >= 15 is 0 Å². The van der Waals surface area contributed by atoms with Crippen molar-refractivity contribution in [3.05, 3.63) is 0 Å². The van der Waals surface area contributed by atoms with Crippen molar-refractivity contribution >= 4 is 58.2 Å². The van der Waals surface area contributed by atoms with E-state index in [1.54, 1.807) is 37.5 Å². The first-order valence-electron chi connectivity index (χ1n) is 15.6. The Hall–Kier alpha value is -4.53. The predicted molar refractivity (Wildman–Crippen MR) is 177 cm³/mol. The number of hydrogen-bond donors (Lipinski definition) is 6. The third-order valence-electron chi connectivity index (χ3n) is 5.53. The molecule has 0 spiro atoms. The van der Waals surface area contributed by atoms with E-state index in [9.17, 15) is 38.4 Å². The highest BCUT2D eigenvalue weighted by molar-refractivity contribution is 7.79. The summed E-state index contributed by atoms with van der Waals surface area (Å²) in [6.07, 6.45) is 0. The molecule has 24 nitrogen and oxygen atoms in total. The van der Waals surface area contributed by atoms with Crippen LogP contribution in [0.2, 0.25) is 0 Å². The Morgan fingerprint density at radius 3 is 0.679 bits per heavy atom. The standard InChI is InChI=1S/C18H32N2O8.C10H16N2O8.H2O4S/c1-5-25-15(21)11-19(12-16(22)26-6-2)9-10-20(13-17(23)27-7-3)14-18(24)28-8-4;13-7(14)3-11(4-8(15)16)1-2-12(5-9(17)18)6-10(19)20;1-5(2,3)4/h5-14H2,1-4H3;1-6H2,(H,13,14)(H,15,16)(H,17,18)(H,19,20);(H2,1,2,3,4). The van der Waals surface area contributed by atoms with Crippen molar-refractivity contribution in [2.45, 2.75) is 27.7 Å². The van der Waals surface area contributed by atoms with Crippen molar-refractivity contribution in [2.24, 2.45) is 0 Å². The van der Waals surface area contributed by atoms with Gasteiger partial charge < -0.3 is 39.4 Å². The van der Waals surface area contributed by atoms with Crippen LogP contribution in [0.4, 0.5) is 0 Å². The summed E-state index contributed by atoms with van der Waals surface area (Å²) in [5.41, 5.74) is 0. The lowest BCUT2D eigenvalue weighted by atomic mass is 10.3. The van der Waals surface area contributed by atoms with Crippen LogP contribution in [0.5, 0.6) is 0 Å². The average molecular weight is 795 g/mol. The minimum atomic E-state index is -4.67. The number of carbonyl (C=O) groups excluding carboxylic acids is 4. The van der Waals surface area contributed by atoms with Gasteiger partial charge in [-0.1, -0.05) is 0 Å². The Balaban J connectivity index is -0.000000870. The topological polar surface area (TPSA) is 342 Å². The summed E-state index contributed by atoms with van der Waals surface area (Å²) in [5, 5.41) is 34.5. The number of carbonyl (C=O) groups is 8. The maximum atomic E-state index is 11.8. The number of nitrogens with zero attached hydrogens (tertiary/aromatic N) is 4. The normalized spacial score (nSPS) is 10.8. The molecule has 308 valence electrons. The molecule has 0 atom stereocenters. The molecule has 0 fully saturated rings. The van der Waals surface area contributed by atoms with Gasteiger partial charge in [0.2, 0.25) is 0 Å². The van der Waals surface area contributed by atoms with Crippen LogP contribution in [0.1, 0.15) is 27.7 Å². The van der Waals surface area contributed by atoms with E-state index in [-0.39, 0.29) is 78.8 Å². The van der Waals surface area contributed by atoms with Crippen molar-refractivity contribution < 1.29 is 95.3 Å². The van der Waals surface area contributed by atoms with Gasteiger partial charge in [0, 0.05) is 26.2 Å². The van der Waals surface area contributed by atoms with Gasteiger partial charge in [0.25, 0.3) is 0 Å². The van der Waals surface area contributed by atoms with E-state index in [1.807, 2.05) is 0 Å². The zero-order chi connectivity index (χ0) is 41.6. The molecule has 6 N–H and O–H groups in total. The molecule has 0 aliphatic carbocycles. The van der Waals surface area contributed by atoms with Crippen LogP contribution in [0, 0.1) is 0 Å². The number of rotatable bonds is 26. The van der Waals surface area contributed by atoms with Gasteiger partial charge in [0.05, 0.1) is 78.8 Å². The molecule has 53 heavy (non-hydrogen) atoms. The number of ether oxygens (including phenoxy) is 4. The molecule has 0 bridgehead atoms. The molecule has 0 saturated heterocycles. The molecular weight excluding hydrogens is 744 g/mol. The zero-order valence-electron chi connectivity index (χ0n) is 29.9. The highest BCUT2D eigenvalue weighted by Gasteiger charge is 2.21. The molecule has 25 heteroatoms. The first kappa shape index (κ1) is 52.8. The summed E-state index contributed by atoms with van der Waals surface area (Å²) in [6.45, 7) is 5.43. The summed E-state index contributed by atoms with van der Waals surface area (Å²) < 4.78 is 51.3. The second-order valence-electron chi connectivity index (χ2n) is 10.1. The van der Waals surface area contributed by atoms with Crippen molar-refractivity contribution in [2.75, 3.05) is 105 Å². The van der Waals surface area contributed by atoms with Crippen LogP contribution in [0.15, 0.2) is 0 Å². The van der Waals surface area contributed by atoms with E-state index < -0.39 is 84.3 Å². The minimum Gasteiger partial charge on any atom is -0.480 e. The fraction of sp³-hybridized carbons (Fsp3) is 0.714. The minimum absolute atomic E-state index is 0.0703. The van der Waals surface area contributed by atoms with Crippen LogP contribution in [-0.2, 0) is 67.7 Å². The van der Waals surface area contributed by atoms with Crippen LogP contribution in [0.3, 0.4) is 0 Å². The third-order valence-corrected chi connectivity index (χ3v) is 5.53. The Kier molecular flexibility index (Phi) is 30.9. The van der Waals surface area contributed by atoms with E-state index in [0.717, 1.165) is 9.80 Å². The summed E-state index contributed by atoms with van der Waals surface area (Å²) >= 11 is 0. The quantitative estimate of drug-likeness (QED) is 0.0291. The zero-order valence-corrected chi connectivity index (χ0v) is 30.7. The van der Waals surface area contributed by atoms with Gasteiger partial charge in [-0.25, -0.2) is 0 Å². The first-order chi connectivity index (χ1) is 24.6. The summed E-state index contributed by atoms with van der Waals surface area (Å²) in [5.74, 6) is -6.82. The van der Waals surface area contributed by atoms with Crippen LogP contribution in [-0.4, -0.2) is 210 Å². The SMILES string of the molecule is CCOC(=O)CN(CCN(CC(=O)OCC)CC(=O)OCC)CC(=O)OCC.O=C(O)CN(CCN(CC(=O)O)CC(=O)O)CC(=O)O.O=S(=O)(O)O. The molecule has 0 unspecified atom stereocenters. The number of carboxylic acids is 4. The molecule has 0 aliphatic heterocycles. The van der Waals surface area contributed by atoms with Gasteiger partial charge in [0.15, 0.2) is 0 Å². The Labute approximate surface area is 305 Å². The first-order valence-corrected chi connectivity index (χ1v) is 17.0. The fourth-order valence-electron chi connectivity index (χ4n) is 3.74. The predicted octanol–water partition coefficient (Wildman–Crippen LogP) is -2.88. The van der Waals surface area contributed by atoms with Gasteiger partial charge in [-0.05, 0) is 27.7 Å². The van der Waals surface area contributed by atoms with Gasteiger partial charge in [-0.2, -0.15) is 8.42 Å². The van der Waals surface area contributed by atoms with Gasteiger partial charge in [-0.15, -0.1) is 0 Å². The Bertz CT molecular complexity index is 1100. The smallest absolute Gasteiger partial charge is 0.394 e. The fourth-order valence-corrected chi connectivity index (χ4v) is 3.74. The van der Waals surface area contributed by atoms with E-state index in [0.29, 0.717) is 0 Å². The lowest BCUT2D eigenvalue weighted by Gasteiger charge is -2.25. The molecule has 0 heterocycles. The van der Waals surface area contributed by atoms with Crippen molar-refractivity contribution in [3.63, 3.8) is 0 Å². The van der Waals surface area contributed by atoms with Gasteiger partial charge in [-0.3, -0.25) is 67.1 Å². The molecule has 0 saturated carbocycles. The van der Waals surface area contributed by atoms with Gasteiger partial charge >= 0.3 is 58.2 Å². The molecule has 0 amide bonds. The monoisotopic (exact) mass is 794 g/mol. The molecular formula is C28H50N4O20S. The molecule has 0 aliphatic rings. The van der Waals surface area contributed by atoms with Crippen LogP contribution in [0.25, 0.3) is 0 Å². The Morgan fingerprint density at radius 2 is 0.547 bits per heavy atom. The molecule has 0 rings (SSSR count). The number of carboxylic acid groups (broad SMARTS) is 4. The molecule has 0 aromatic heterocycles. The van der Waals surface area contributed by atoms with Crippen LogP contribution >= 0.6 is 0 Å². The number of aliphatic carboxylic acids is 4. The van der Waals surface area contributed by atoms with Gasteiger partial charge in [0.1, 0.15) is 0 Å². The summed E-state index contributed by atoms with van der Waals surface area (Å²) in [4.78, 5) is 94.6. The number of hydrogen-bond acceptors (Lipinski definition) is 18. The summed E-state index contributed by atoms with van der Waals surface area (Å²) in [7, 11) is -4.67. The lowest BCUT2D eigenvalue weighted by Crippen LogP contribution is -2.44. The maximum Gasteiger partial charge on any atom is 0.394 e. The van der Waals surface area contributed by atoms with E-state index in [4.69, 9.17) is 56.9 Å². The van der Waals surface area contributed by atoms with Crippen LogP contribution < -0.4 is 0 Å². The van der Waals surface area contributed by atoms with Crippen molar-refractivity contribution in [1.29, 1.82) is 0 Å².